The first-order valence-electron chi connectivity index (χ1n) is 3.17. The minimum Gasteiger partial charge on any atom is -0.339 e. The van der Waals surface area contributed by atoms with Gasteiger partial charge in [0.15, 0.2) is 0 Å². The van der Waals surface area contributed by atoms with E-state index in [1.54, 1.807) is 0 Å². The van der Waals surface area contributed by atoms with Crippen LogP contribution in [0.3, 0.4) is 0 Å². The lowest BCUT2D eigenvalue weighted by molar-refractivity contribution is -0.119. The van der Waals surface area contributed by atoms with Gasteiger partial charge >= 0.3 is 0 Å². The zero-order valence-corrected chi connectivity index (χ0v) is 9.07. The van der Waals surface area contributed by atoms with Crippen LogP contribution in [0.25, 0.3) is 0 Å². The summed E-state index contributed by atoms with van der Waals surface area (Å²) >= 11 is 6.77. The fourth-order valence-corrected chi connectivity index (χ4v) is 1.67. The number of carbonyl (C=O) groups excluding carboxylic acids is 1. The fraction of sp³-hybridized carbons (Fsp3) is 0.800. The highest BCUT2D eigenvalue weighted by Crippen LogP contribution is 2.18. The first kappa shape index (κ1) is 9.44. The molecule has 0 aliphatic carbocycles. The zero-order valence-electron chi connectivity index (χ0n) is 5.90. The maximum Gasteiger partial charge on any atom is 0.218 e. The third-order valence-corrected chi connectivity index (χ3v) is 3.90. The monoisotopic (exact) mass is 285 g/mol. The topological polar surface area (TPSA) is 53.2 Å². The van der Waals surface area contributed by atoms with Gasteiger partial charge in [-0.3, -0.25) is 4.79 Å². The second-order valence-electron chi connectivity index (χ2n) is 2.31. The molecule has 1 amide bonds. The van der Waals surface area contributed by atoms with Crippen molar-refractivity contribution in [3.05, 3.63) is 0 Å². The van der Waals surface area contributed by atoms with Crippen LogP contribution >= 0.6 is 31.9 Å². The number of carbonyl (C=O) groups is 1. The second kappa shape index (κ2) is 3.84. The third kappa shape index (κ3) is 2.40. The molecule has 1 saturated heterocycles. The number of nitrogens with one attached hydrogen (secondary N) is 3. The summed E-state index contributed by atoms with van der Waals surface area (Å²) in [6.45, 7) is 1.49. The molecule has 1 aliphatic rings. The summed E-state index contributed by atoms with van der Waals surface area (Å²) in [4.78, 5) is 10.9. The van der Waals surface area contributed by atoms with Crippen LogP contribution in [0.5, 0.6) is 0 Å². The minimum absolute atomic E-state index is 0.0460. The Kier molecular flexibility index (Phi) is 3.29. The molecule has 1 aliphatic heterocycles. The molecule has 11 heavy (non-hydrogen) atoms. The van der Waals surface area contributed by atoms with Crippen LogP contribution in [0.2, 0.25) is 0 Å². The Bertz CT molecular complexity index is 166. The van der Waals surface area contributed by atoms with E-state index in [0.29, 0.717) is 0 Å². The maximum atomic E-state index is 10.6. The summed E-state index contributed by atoms with van der Waals surface area (Å²) in [6, 6.07) is 0. The molecular weight excluding hydrogens is 278 g/mol. The lowest BCUT2D eigenvalue weighted by Gasteiger charge is -2.13. The molecule has 6 heteroatoms. The van der Waals surface area contributed by atoms with Gasteiger partial charge in [-0.05, 0) is 0 Å². The Morgan fingerprint density at radius 1 is 1.45 bits per heavy atom. The van der Waals surface area contributed by atoms with E-state index in [9.17, 15) is 4.79 Å². The number of hydrogen-bond donors (Lipinski definition) is 3. The van der Waals surface area contributed by atoms with Crippen LogP contribution in [0.4, 0.5) is 0 Å². The molecule has 0 radical (unpaired) electrons. The summed E-state index contributed by atoms with van der Waals surface area (Å²) in [5.74, 6) is -0.0460. The van der Waals surface area contributed by atoms with Crippen LogP contribution in [-0.2, 0) is 4.79 Å². The van der Waals surface area contributed by atoms with Crippen molar-refractivity contribution < 1.29 is 4.79 Å². The largest absolute Gasteiger partial charge is 0.339 e. The molecule has 0 spiro atoms. The molecule has 0 aromatic rings. The van der Waals surface area contributed by atoms with E-state index >= 15 is 0 Å². The maximum absolute atomic E-state index is 10.6. The number of amides is 1. The fourth-order valence-electron chi connectivity index (χ4n) is 0.832. The normalized spacial score (nSPS) is 37.2. The van der Waals surface area contributed by atoms with Crippen LogP contribution in [0, 0.1) is 0 Å². The molecule has 4 nitrogen and oxygen atoms in total. The lowest BCUT2D eigenvalue weighted by atomic mass is 10.4. The van der Waals surface area contributed by atoms with E-state index in [2.05, 4.69) is 48.0 Å². The van der Waals surface area contributed by atoms with E-state index < -0.39 is 0 Å². The standard InChI is InChI=1S/C5H9Br2N3O/c1-2(11)8-5-3(6)4(7)9-10-5/h3-5,9-10H,1H3,(H,8,11). The first-order chi connectivity index (χ1) is 5.11. The van der Waals surface area contributed by atoms with Gasteiger partial charge in [-0.15, -0.1) is 0 Å². The molecule has 0 bridgehead atoms. The molecule has 0 aromatic carbocycles. The van der Waals surface area contributed by atoms with E-state index in [1.165, 1.54) is 6.92 Å². The molecule has 64 valence electrons. The Labute approximate surface area is 81.7 Å². The molecule has 1 fully saturated rings. The van der Waals surface area contributed by atoms with Gasteiger partial charge in [0.05, 0.1) is 9.78 Å². The average molecular weight is 287 g/mol. The molecule has 3 N–H and O–H groups in total. The minimum atomic E-state index is -0.0584. The SMILES string of the molecule is CC(=O)NC1NNC(Br)C1Br. The Morgan fingerprint density at radius 3 is 2.45 bits per heavy atom. The van der Waals surface area contributed by atoms with Gasteiger partial charge in [0.2, 0.25) is 5.91 Å². The number of halogens is 2. The van der Waals surface area contributed by atoms with Crippen molar-refractivity contribution in [3.8, 4) is 0 Å². The van der Waals surface area contributed by atoms with E-state index in [1.807, 2.05) is 0 Å². The van der Waals surface area contributed by atoms with Crippen molar-refractivity contribution in [2.45, 2.75) is 22.9 Å². The molecule has 1 rings (SSSR count). The number of hydrazine groups is 1. The Morgan fingerprint density at radius 2 is 2.09 bits per heavy atom. The average Bonchev–Trinajstić information content (AvgIpc) is 2.18. The van der Waals surface area contributed by atoms with Crippen molar-refractivity contribution in [2.75, 3.05) is 0 Å². The number of hydrogen-bond acceptors (Lipinski definition) is 3. The Balaban J connectivity index is 2.42. The van der Waals surface area contributed by atoms with Gasteiger partial charge in [-0.25, -0.2) is 10.9 Å². The van der Waals surface area contributed by atoms with Crippen molar-refractivity contribution in [1.82, 2.24) is 16.2 Å². The summed E-state index contributed by atoms with van der Waals surface area (Å²) in [6.07, 6.45) is -0.0584. The van der Waals surface area contributed by atoms with Gasteiger partial charge in [0.25, 0.3) is 0 Å². The van der Waals surface area contributed by atoms with Gasteiger partial charge in [0.1, 0.15) is 6.17 Å². The molecule has 3 unspecified atom stereocenters. The highest BCUT2D eigenvalue weighted by molar-refractivity contribution is 9.12. The highest BCUT2D eigenvalue weighted by Gasteiger charge is 2.32. The highest BCUT2D eigenvalue weighted by atomic mass is 79.9. The summed E-state index contributed by atoms with van der Waals surface area (Å²) in [5, 5.41) is 2.73. The summed E-state index contributed by atoms with van der Waals surface area (Å²) in [5.41, 5.74) is 5.84. The summed E-state index contributed by atoms with van der Waals surface area (Å²) < 4.78 is 0. The smallest absolute Gasteiger partial charge is 0.218 e. The van der Waals surface area contributed by atoms with E-state index in [0.717, 1.165) is 0 Å². The van der Waals surface area contributed by atoms with Crippen molar-refractivity contribution in [2.24, 2.45) is 0 Å². The molecule has 1 heterocycles. The van der Waals surface area contributed by atoms with E-state index in [4.69, 9.17) is 0 Å². The molecule has 0 saturated carbocycles. The second-order valence-corrected chi connectivity index (χ2v) is 4.36. The third-order valence-electron chi connectivity index (χ3n) is 1.33. The van der Waals surface area contributed by atoms with Gasteiger partial charge in [-0.2, -0.15) is 0 Å². The van der Waals surface area contributed by atoms with Crippen LogP contribution in [-0.4, -0.2) is 21.9 Å². The molecular formula is C5H9Br2N3O. The zero-order chi connectivity index (χ0) is 8.43. The molecule has 0 aromatic heterocycles. The summed E-state index contributed by atoms with van der Waals surface area (Å²) in [7, 11) is 0. The predicted molar refractivity (Wildman–Crippen MR) is 49.3 cm³/mol. The van der Waals surface area contributed by atoms with Crippen molar-refractivity contribution in [1.29, 1.82) is 0 Å². The quantitative estimate of drug-likeness (QED) is 0.471. The van der Waals surface area contributed by atoms with Crippen LogP contribution in [0.1, 0.15) is 6.92 Å². The molecule has 3 atom stereocenters. The van der Waals surface area contributed by atoms with Crippen LogP contribution in [0.15, 0.2) is 0 Å². The van der Waals surface area contributed by atoms with E-state index in [-0.39, 0.29) is 21.9 Å². The van der Waals surface area contributed by atoms with Gasteiger partial charge in [-0.1, -0.05) is 31.9 Å². The first-order valence-corrected chi connectivity index (χ1v) is 5.00. The van der Waals surface area contributed by atoms with Gasteiger partial charge < -0.3 is 5.32 Å². The number of rotatable bonds is 1. The van der Waals surface area contributed by atoms with Crippen molar-refractivity contribution >= 4 is 37.8 Å². The lowest BCUT2D eigenvalue weighted by Crippen LogP contribution is -2.46. The van der Waals surface area contributed by atoms with Gasteiger partial charge in [0, 0.05) is 6.92 Å². The Hall–Kier alpha value is 0.350. The number of alkyl halides is 2. The predicted octanol–water partition coefficient (Wildman–Crippen LogP) is 0.0409. The van der Waals surface area contributed by atoms with Crippen LogP contribution < -0.4 is 16.2 Å². The van der Waals surface area contributed by atoms with Crippen molar-refractivity contribution in [3.63, 3.8) is 0 Å².